The Balaban J connectivity index is 1.48. The standard InChI is InChI=1S/C20H24N2O2/c1-11-5-12(2)20-14(6-11)13(7-19(23)24-20)8-22-9-15-16(10-22)18-4-3-17(15)21-18/h5-7,15-18,21H,3-4,8-10H2,1-2H3/t15-,16+,17-,18+. The molecule has 3 fully saturated rings. The van der Waals surface area contributed by atoms with Crippen LogP contribution in [0, 0.1) is 25.7 Å². The lowest BCUT2D eigenvalue weighted by molar-refractivity contribution is 0.295. The minimum Gasteiger partial charge on any atom is -0.422 e. The third-order valence-corrected chi connectivity index (χ3v) is 6.39. The van der Waals surface area contributed by atoms with Crippen molar-refractivity contribution in [2.75, 3.05) is 13.1 Å². The molecule has 0 aliphatic carbocycles. The van der Waals surface area contributed by atoms with Gasteiger partial charge in [0.15, 0.2) is 0 Å². The zero-order chi connectivity index (χ0) is 16.4. The van der Waals surface area contributed by atoms with E-state index in [1.807, 2.05) is 6.92 Å². The molecule has 1 aromatic heterocycles. The first-order chi connectivity index (χ1) is 11.6. The Morgan fingerprint density at radius 2 is 1.83 bits per heavy atom. The molecule has 24 heavy (non-hydrogen) atoms. The highest BCUT2D eigenvalue weighted by atomic mass is 16.4. The Morgan fingerprint density at radius 1 is 1.12 bits per heavy atom. The number of nitrogens with one attached hydrogen (secondary N) is 1. The van der Waals surface area contributed by atoms with Gasteiger partial charge in [0.2, 0.25) is 0 Å². The Kier molecular flexibility index (Phi) is 3.16. The van der Waals surface area contributed by atoms with Crippen molar-refractivity contribution in [1.82, 2.24) is 10.2 Å². The van der Waals surface area contributed by atoms with E-state index in [-0.39, 0.29) is 5.63 Å². The van der Waals surface area contributed by atoms with E-state index in [2.05, 4.69) is 29.3 Å². The fourth-order valence-electron chi connectivity index (χ4n) is 5.45. The van der Waals surface area contributed by atoms with Gasteiger partial charge in [-0.05, 0) is 61.3 Å². The first-order valence-electron chi connectivity index (χ1n) is 9.11. The van der Waals surface area contributed by atoms with Crippen molar-refractivity contribution in [3.05, 3.63) is 45.3 Å². The molecular weight excluding hydrogens is 300 g/mol. The second-order valence-corrected chi connectivity index (χ2v) is 8.03. The molecule has 0 saturated carbocycles. The first kappa shape index (κ1) is 14.7. The molecule has 2 aromatic rings. The highest BCUT2D eigenvalue weighted by Gasteiger charge is 2.51. The van der Waals surface area contributed by atoms with Crippen molar-refractivity contribution in [3.63, 3.8) is 0 Å². The Labute approximate surface area is 141 Å². The number of fused-ring (bicyclic) bond motifs is 6. The van der Waals surface area contributed by atoms with Crippen molar-refractivity contribution in [2.45, 2.75) is 45.3 Å². The van der Waals surface area contributed by atoms with Crippen LogP contribution in [-0.2, 0) is 6.54 Å². The predicted octanol–water partition coefficient (Wildman–Crippen LogP) is 2.59. The molecule has 1 aromatic carbocycles. The average Bonchev–Trinajstić information content (AvgIpc) is 3.20. The minimum atomic E-state index is -0.231. The van der Waals surface area contributed by atoms with Gasteiger partial charge in [0.05, 0.1) is 0 Å². The van der Waals surface area contributed by atoms with Crippen LogP contribution in [0.4, 0.5) is 0 Å². The molecule has 5 rings (SSSR count). The van der Waals surface area contributed by atoms with Gasteiger partial charge in [0.25, 0.3) is 0 Å². The highest BCUT2D eigenvalue weighted by molar-refractivity contribution is 5.83. The second kappa shape index (κ2) is 5.17. The van der Waals surface area contributed by atoms with Crippen LogP contribution in [0.5, 0.6) is 0 Å². The van der Waals surface area contributed by atoms with E-state index in [1.165, 1.54) is 18.4 Å². The van der Waals surface area contributed by atoms with Crippen LogP contribution in [0.1, 0.15) is 29.5 Å². The van der Waals surface area contributed by atoms with Crippen LogP contribution < -0.4 is 10.9 Å². The van der Waals surface area contributed by atoms with Crippen LogP contribution in [0.25, 0.3) is 11.0 Å². The molecule has 0 spiro atoms. The maximum Gasteiger partial charge on any atom is 0.336 e. The van der Waals surface area contributed by atoms with E-state index < -0.39 is 0 Å². The number of aryl methyl sites for hydroxylation is 2. The fourth-order valence-corrected chi connectivity index (χ4v) is 5.45. The summed E-state index contributed by atoms with van der Waals surface area (Å²) in [5.41, 5.74) is 3.91. The lowest BCUT2D eigenvalue weighted by Crippen LogP contribution is -2.31. The van der Waals surface area contributed by atoms with Crippen LogP contribution in [0.15, 0.2) is 27.4 Å². The van der Waals surface area contributed by atoms with Gasteiger partial charge in [-0.15, -0.1) is 0 Å². The van der Waals surface area contributed by atoms with Crippen molar-refractivity contribution < 1.29 is 4.42 Å². The van der Waals surface area contributed by atoms with Crippen LogP contribution >= 0.6 is 0 Å². The normalized spacial score (nSPS) is 31.9. The SMILES string of the molecule is Cc1cc(C)c2oc(=O)cc(CN3C[C@@H]4[C@H](C3)[C@@H]3CC[C@H]4N3)c2c1. The topological polar surface area (TPSA) is 45.5 Å². The van der Waals surface area contributed by atoms with Gasteiger partial charge in [-0.25, -0.2) is 4.79 Å². The summed E-state index contributed by atoms with van der Waals surface area (Å²) < 4.78 is 5.49. The van der Waals surface area contributed by atoms with Gasteiger partial charge in [0, 0.05) is 43.2 Å². The molecule has 0 unspecified atom stereocenters. The first-order valence-corrected chi connectivity index (χ1v) is 9.11. The summed E-state index contributed by atoms with van der Waals surface area (Å²) in [4.78, 5) is 14.6. The smallest absolute Gasteiger partial charge is 0.336 e. The highest BCUT2D eigenvalue weighted by Crippen LogP contribution is 2.43. The van der Waals surface area contributed by atoms with E-state index in [4.69, 9.17) is 4.42 Å². The molecule has 0 amide bonds. The summed E-state index contributed by atoms with van der Waals surface area (Å²) >= 11 is 0. The van der Waals surface area contributed by atoms with Gasteiger partial charge in [-0.1, -0.05) is 6.07 Å². The summed E-state index contributed by atoms with van der Waals surface area (Å²) in [6, 6.07) is 7.39. The second-order valence-electron chi connectivity index (χ2n) is 8.03. The lowest BCUT2D eigenvalue weighted by atomic mass is 9.82. The molecule has 1 N–H and O–H groups in total. The molecule has 3 aliphatic rings. The molecule has 4 heteroatoms. The van der Waals surface area contributed by atoms with Gasteiger partial charge >= 0.3 is 5.63 Å². The van der Waals surface area contributed by atoms with Crippen LogP contribution in [0.2, 0.25) is 0 Å². The number of likely N-dealkylation sites (tertiary alicyclic amines) is 1. The molecule has 2 bridgehead atoms. The monoisotopic (exact) mass is 324 g/mol. The van der Waals surface area contributed by atoms with Crippen molar-refractivity contribution in [3.8, 4) is 0 Å². The molecule has 3 aliphatic heterocycles. The summed E-state index contributed by atoms with van der Waals surface area (Å²) in [5.74, 6) is 1.61. The van der Waals surface area contributed by atoms with Gasteiger partial charge < -0.3 is 9.73 Å². The van der Waals surface area contributed by atoms with Crippen molar-refractivity contribution in [1.29, 1.82) is 0 Å². The Morgan fingerprint density at radius 3 is 2.54 bits per heavy atom. The average molecular weight is 324 g/mol. The summed E-state index contributed by atoms with van der Waals surface area (Å²) in [6.45, 7) is 7.30. The summed E-state index contributed by atoms with van der Waals surface area (Å²) in [5, 5.41) is 4.88. The van der Waals surface area contributed by atoms with Gasteiger partial charge in [-0.3, -0.25) is 4.90 Å². The molecule has 3 saturated heterocycles. The van der Waals surface area contributed by atoms with E-state index in [9.17, 15) is 4.79 Å². The third kappa shape index (κ3) is 2.16. The molecule has 4 atom stereocenters. The van der Waals surface area contributed by atoms with Crippen LogP contribution in [0.3, 0.4) is 0 Å². The van der Waals surface area contributed by atoms with Crippen molar-refractivity contribution in [2.24, 2.45) is 11.8 Å². The van der Waals surface area contributed by atoms with E-state index in [0.717, 1.165) is 65.6 Å². The van der Waals surface area contributed by atoms with E-state index >= 15 is 0 Å². The molecule has 4 heterocycles. The van der Waals surface area contributed by atoms with Crippen molar-refractivity contribution >= 4 is 11.0 Å². The zero-order valence-electron chi connectivity index (χ0n) is 14.3. The number of nitrogens with zero attached hydrogens (tertiary/aromatic N) is 1. The third-order valence-electron chi connectivity index (χ3n) is 6.39. The molecular formula is C20H24N2O2. The molecule has 126 valence electrons. The number of benzene rings is 1. The van der Waals surface area contributed by atoms with Gasteiger partial charge in [-0.2, -0.15) is 0 Å². The maximum atomic E-state index is 12.0. The quantitative estimate of drug-likeness (QED) is 0.863. The number of rotatable bonds is 2. The minimum absolute atomic E-state index is 0.231. The maximum absolute atomic E-state index is 12.0. The largest absolute Gasteiger partial charge is 0.422 e. The predicted molar refractivity (Wildman–Crippen MR) is 94.2 cm³/mol. The zero-order valence-corrected chi connectivity index (χ0v) is 14.3. The van der Waals surface area contributed by atoms with Gasteiger partial charge in [0.1, 0.15) is 5.58 Å². The molecule has 0 radical (unpaired) electrons. The van der Waals surface area contributed by atoms with Crippen LogP contribution in [-0.4, -0.2) is 30.1 Å². The summed E-state index contributed by atoms with van der Waals surface area (Å²) in [7, 11) is 0. The Hall–Kier alpha value is -1.65. The summed E-state index contributed by atoms with van der Waals surface area (Å²) in [6.07, 6.45) is 2.69. The lowest BCUT2D eigenvalue weighted by Gasteiger charge is -2.20. The number of hydrogen-bond donors (Lipinski definition) is 1. The Bertz CT molecular complexity index is 854. The fraction of sp³-hybridized carbons (Fsp3) is 0.550. The molecule has 4 nitrogen and oxygen atoms in total. The van der Waals surface area contributed by atoms with E-state index in [1.54, 1.807) is 6.07 Å². The number of hydrogen-bond acceptors (Lipinski definition) is 4. The van der Waals surface area contributed by atoms with E-state index in [0.29, 0.717) is 0 Å².